The minimum Gasteiger partial charge on any atom is -0.326 e. The molecular weight excluding hydrogens is 386 g/mol. The van der Waals surface area contributed by atoms with Crippen molar-refractivity contribution in [3.05, 3.63) is 77.0 Å². The van der Waals surface area contributed by atoms with Gasteiger partial charge in [-0.2, -0.15) is 5.10 Å². The van der Waals surface area contributed by atoms with Gasteiger partial charge in [-0.1, -0.05) is 18.2 Å². The minimum absolute atomic E-state index is 0.138. The molecule has 7 nitrogen and oxygen atoms in total. The molecule has 4 aromatic rings. The van der Waals surface area contributed by atoms with E-state index in [4.69, 9.17) is 0 Å². The molecule has 0 atom stereocenters. The summed E-state index contributed by atoms with van der Waals surface area (Å²) in [6.07, 6.45) is 4.03. The molecule has 0 aliphatic rings. The van der Waals surface area contributed by atoms with Crippen molar-refractivity contribution in [1.82, 2.24) is 19.7 Å². The molecule has 8 heteroatoms. The first kappa shape index (κ1) is 18.9. The van der Waals surface area contributed by atoms with Crippen molar-refractivity contribution < 1.29 is 4.79 Å². The number of thioether (sulfide) groups is 1. The van der Waals surface area contributed by atoms with Gasteiger partial charge in [0.15, 0.2) is 5.65 Å². The number of benzene rings is 2. The average molecular weight is 405 g/mol. The molecule has 2 aromatic carbocycles. The molecule has 0 bridgehead atoms. The Morgan fingerprint density at radius 1 is 1.14 bits per heavy atom. The summed E-state index contributed by atoms with van der Waals surface area (Å²) in [5.74, 6) is 0.314. The van der Waals surface area contributed by atoms with Crippen molar-refractivity contribution in [3.8, 4) is 5.69 Å². The smallest absolute Gasteiger partial charge is 0.262 e. The lowest BCUT2D eigenvalue weighted by Crippen LogP contribution is -2.16. The average Bonchev–Trinajstić information content (AvgIpc) is 3.18. The van der Waals surface area contributed by atoms with E-state index in [2.05, 4.69) is 20.4 Å². The highest BCUT2D eigenvalue weighted by molar-refractivity contribution is 7.98. The lowest BCUT2D eigenvalue weighted by molar-refractivity contribution is -0.116. The zero-order valence-electron chi connectivity index (χ0n) is 15.8. The summed E-state index contributed by atoms with van der Waals surface area (Å²) in [4.78, 5) is 33.1. The summed E-state index contributed by atoms with van der Waals surface area (Å²) in [5, 5.41) is 7.56. The molecule has 0 aliphatic carbocycles. The number of carbonyl (C=O) groups is 1. The third kappa shape index (κ3) is 4.22. The maximum absolute atomic E-state index is 12.4. The van der Waals surface area contributed by atoms with Crippen LogP contribution in [-0.4, -0.2) is 31.9 Å². The van der Waals surface area contributed by atoms with Crippen molar-refractivity contribution in [2.75, 3.05) is 11.6 Å². The van der Waals surface area contributed by atoms with Crippen LogP contribution in [0.25, 0.3) is 16.7 Å². The number of aryl methyl sites for hydroxylation is 1. The largest absolute Gasteiger partial charge is 0.326 e. The van der Waals surface area contributed by atoms with Gasteiger partial charge in [0.2, 0.25) is 5.91 Å². The number of hydrogen-bond donors (Lipinski definition) is 2. The van der Waals surface area contributed by atoms with E-state index in [1.807, 2.05) is 60.9 Å². The molecule has 2 N–H and O–H groups in total. The molecule has 2 heterocycles. The van der Waals surface area contributed by atoms with Gasteiger partial charge in [0.05, 0.1) is 11.9 Å². The quantitative estimate of drug-likeness (QED) is 0.480. The van der Waals surface area contributed by atoms with E-state index >= 15 is 0 Å². The molecule has 0 aliphatic heterocycles. The molecule has 146 valence electrons. The van der Waals surface area contributed by atoms with E-state index in [9.17, 15) is 9.59 Å². The predicted octanol–water partition coefficient (Wildman–Crippen LogP) is 3.40. The van der Waals surface area contributed by atoms with Gasteiger partial charge < -0.3 is 10.3 Å². The number of anilines is 1. The third-order valence-corrected chi connectivity index (χ3v) is 5.19. The third-order valence-electron chi connectivity index (χ3n) is 4.45. The number of rotatable bonds is 6. The highest BCUT2D eigenvalue weighted by Crippen LogP contribution is 2.18. The molecule has 1 amide bonds. The fourth-order valence-corrected chi connectivity index (χ4v) is 3.38. The molecule has 4 rings (SSSR count). The Bertz CT molecular complexity index is 1200. The van der Waals surface area contributed by atoms with Gasteiger partial charge in [0.25, 0.3) is 5.56 Å². The summed E-state index contributed by atoms with van der Waals surface area (Å²) in [6.45, 7) is 0. The molecule has 0 spiro atoms. The second-order valence-corrected chi connectivity index (χ2v) is 7.30. The number of amides is 1. The second-order valence-electron chi connectivity index (χ2n) is 6.42. The van der Waals surface area contributed by atoms with Crippen molar-refractivity contribution in [3.63, 3.8) is 0 Å². The van der Waals surface area contributed by atoms with Crippen molar-refractivity contribution >= 4 is 34.4 Å². The fourth-order valence-electron chi connectivity index (χ4n) is 2.97. The zero-order valence-corrected chi connectivity index (χ0v) is 16.6. The second kappa shape index (κ2) is 8.32. The van der Waals surface area contributed by atoms with Crippen LogP contribution in [0.4, 0.5) is 5.69 Å². The molecule has 29 heavy (non-hydrogen) atoms. The van der Waals surface area contributed by atoms with Gasteiger partial charge >= 0.3 is 0 Å². The highest BCUT2D eigenvalue weighted by atomic mass is 32.2. The maximum Gasteiger partial charge on any atom is 0.262 e. The standard InChI is InChI=1S/C21H19N5O2S/c1-29-16-9-7-14(8-10-16)23-19(27)12-11-18-24-20-17(21(28)25-18)13-22-26(20)15-5-3-2-4-6-15/h2-10,13H,11-12H2,1H3,(H,23,27)(H,24,25,28). The number of aromatic amines is 1. The molecule has 2 aromatic heterocycles. The van der Waals surface area contributed by atoms with E-state index < -0.39 is 0 Å². The van der Waals surface area contributed by atoms with Crippen molar-refractivity contribution in [2.24, 2.45) is 0 Å². The van der Waals surface area contributed by atoms with Gasteiger partial charge in [0.1, 0.15) is 11.2 Å². The monoisotopic (exact) mass is 405 g/mol. The van der Waals surface area contributed by atoms with Gasteiger partial charge in [-0.05, 0) is 42.7 Å². The van der Waals surface area contributed by atoms with Crippen LogP contribution in [0.15, 0.2) is 70.5 Å². The molecule has 0 radical (unpaired) electrons. The van der Waals surface area contributed by atoms with E-state index in [0.29, 0.717) is 23.3 Å². The highest BCUT2D eigenvalue weighted by Gasteiger charge is 2.12. The number of hydrogen-bond acceptors (Lipinski definition) is 5. The van der Waals surface area contributed by atoms with Gasteiger partial charge in [-0.25, -0.2) is 9.67 Å². The van der Waals surface area contributed by atoms with Gasteiger partial charge in [0, 0.05) is 23.4 Å². The lowest BCUT2D eigenvalue weighted by Gasteiger charge is -2.07. The lowest BCUT2D eigenvalue weighted by atomic mass is 10.2. The number of H-pyrrole nitrogens is 1. The van der Waals surface area contributed by atoms with Crippen LogP contribution in [0, 0.1) is 0 Å². The van der Waals surface area contributed by atoms with Crippen LogP contribution in [-0.2, 0) is 11.2 Å². The Morgan fingerprint density at radius 2 is 1.90 bits per heavy atom. The van der Waals surface area contributed by atoms with E-state index in [0.717, 1.165) is 16.3 Å². The Hall–Kier alpha value is -3.39. The minimum atomic E-state index is -0.264. The Labute approximate surface area is 171 Å². The summed E-state index contributed by atoms with van der Waals surface area (Å²) < 4.78 is 1.63. The number of aromatic nitrogens is 4. The van der Waals surface area contributed by atoms with Crippen LogP contribution in [0.1, 0.15) is 12.2 Å². The topological polar surface area (TPSA) is 92.7 Å². The van der Waals surface area contributed by atoms with Gasteiger partial charge in [-0.15, -0.1) is 11.8 Å². The van der Waals surface area contributed by atoms with Gasteiger partial charge in [-0.3, -0.25) is 9.59 Å². The molecule has 0 unspecified atom stereocenters. The van der Waals surface area contributed by atoms with Crippen LogP contribution in [0.5, 0.6) is 0 Å². The Balaban J connectivity index is 1.50. The summed E-state index contributed by atoms with van der Waals surface area (Å²) in [6, 6.07) is 17.1. The molecule has 0 saturated carbocycles. The number of fused-ring (bicyclic) bond motifs is 1. The Morgan fingerprint density at radius 3 is 2.62 bits per heavy atom. The maximum atomic E-state index is 12.4. The van der Waals surface area contributed by atoms with Crippen LogP contribution >= 0.6 is 11.8 Å². The zero-order chi connectivity index (χ0) is 20.2. The number of carbonyl (C=O) groups excluding carboxylic acids is 1. The normalized spacial score (nSPS) is 10.9. The number of nitrogens with one attached hydrogen (secondary N) is 2. The molecule has 0 fully saturated rings. The van der Waals surface area contributed by atoms with Crippen LogP contribution in [0.2, 0.25) is 0 Å². The fraction of sp³-hybridized carbons (Fsp3) is 0.143. The van der Waals surface area contributed by atoms with Crippen LogP contribution < -0.4 is 10.9 Å². The predicted molar refractivity (Wildman–Crippen MR) is 115 cm³/mol. The van der Waals surface area contributed by atoms with Crippen LogP contribution in [0.3, 0.4) is 0 Å². The number of para-hydroxylation sites is 1. The van der Waals surface area contributed by atoms with Crippen molar-refractivity contribution in [2.45, 2.75) is 17.7 Å². The Kier molecular flexibility index (Phi) is 5.44. The first-order chi connectivity index (χ1) is 14.1. The van der Waals surface area contributed by atoms with Crippen molar-refractivity contribution in [1.29, 1.82) is 0 Å². The molecule has 0 saturated heterocycles. The van der Waals surface area contributed by atoms with E-state index in [1.165, 1.54) is 6.20 Å². The molecular formula is C21H19N5O2S. The SMILES string of the molecule is CSc1ccc(NC(=O)CCc2nc3c(cnn3-c3ccccc3)c(=O)[nH]2)cc1. The number of nitrogens with zero attached hydrogens (tertiary/aromatic N) is 3. The summed E-state index contributed by atoms with van der Waals surface area (Å²) in [7, 11) is 0. The van der Waals surface area contributed by atoms with E-state index in [1.54, 1.807) is 16.4 Å². The summed E-state index contributed by atoms with van der Waals surface area (Å²) >= 11 is 1.64. The first-order valence-corrected chi connectivity index (χ1v) is 10.3. The summed E-state index contributed by atoms with van der Waals surface area (Å²) in [5.41, 5.74) is 1.77. The van der Waals surface area contributed by atoms with E-state index in [-0.39, 0.29) is 17.9 Å². The first-order valence-electron chi connectivity index (χ1n) is 9.10.